The van der Waals surface area contributed by atoms with Crippen molar-refractivity contribution in [2.24, 2.45) is 0 Å². The van der Waals surface area contributed by atoms with E-state index in [1.807, 2.05) is 24.3 Å². The van der Waals surface area contributed by atoms with Gasteiger partial charge in [-0.05, 0) is 24.3 Å². The van der Waals surface area contributed by atoms with Crippen LogP contribution in [0.25, 0.3) is 11.3 Å². The SMILES string of the molecule is COc1ccc(-c2nccnc2C2CN(S(=O)(=O)N(C)C)CCO2)cc1. The van der Waals surface area contributed by atoms with Gasteiger partial charge in [-0.1, -0.05) is 0 Å². The van der Waals surface area contributed by atoms with Gasteiger partial charge < -0.3 is 9.47 Å². The first-order chi connectivity index (χ1) is 12.4. The van der Waals surface area contributed by atoms with Crippen molar-refractivity contribution >= 4 is 10.2 Å². The first kappa shape index (κ1) is 18.7. The number of aromatic nitrogens is 2. The maximum absolute atomic E-state index is 12.4. The van der Waals surface area contributed by atoms with E-state index < -0.39 is 16.3 Å². The summed E-state index contributed by atoms with van der Waals surface area (Å²) in [5.41, 5.74) is 2.16. The van der Waals surface area contributed by atoms with E-state index in [0.29, 0.717) is 24.5 Å². The molecular formula is C17H22N4O4S. The van der Waals surface area contributed by atoms with E-state index in [4.69, 9.17) is 9.47 Å². The third-order valence-electron chi connectivity index (χ3n) is 4.21. The fraction of sp³-hybridized carbons (Fsp3) is 0.412. The molecule has 0 aliphatic carbocycles. The summed E-state index contributed by atoms with van der Waals surface area (Å²) in [6, 6.07) is 7.48. The van der Waals surface area contributed by atoms with E-state index in [1.165, 1.54) is 22.7 Å². The van der Waals surface area contributed by atoms with Crippen molar-refractivity contribution in [3.05, 3.63) is 42.4 Å². The molecule has 2 aromatic rings. The maximum Gasteiger partial charge on any atom is 0.281 e. The molecule has 0 saturated carbocycles. The summed E-state index contributed by atoms with van der Waals surface area (Å²) < 4.78 is 38.5. The molecule has 8 nitrogen and oxygen atoms in total. The lowest BCUT2D eigenvalue weighted by molar-refractivity contribution is -0.00606. The summed E-state index contributed by atoms with van der Waals surface area (Å²) in [7, 11) is 1.14. The molecule has 0 amide bonds. The number of methoxy groups -OCH3 is 1. The van der Waals surface area contributed by atoms with E-state index in [0.717, 1.165) is 11.3 Å². The summed E-state index contributed by atoms with van der Waals surface area (Å²) in [6.45, 7) is 0.813. The van der Waals surface area contributed by atoms with Gasteiger partial charge in [0.15, 0.2) is 0 Å². The van der Waals surface area contributed by atoms with Crippen molar-refractivity contribution in [1.29, 1.82) is 0 Å². The largest absolute Gasteiger partial charge is 0.497 e. The van der Waals surface area contributed by atoms with Gasteiger partial charge in [0.1, 0.15) is 11.9 Å². The minimum absolute atomic E-state index is 0.197. The lowest BCUT2D eigenvalue weighted by atomic mass is 10.1. The molecule has 0 spiro atoms. The van der Waals surface area contributed by atoms with Gasteiger partial charge in [-0.15, -0.1) is 0 Å². The van der Waals surface area contributed by atoms with Crippen LogP contribution in [0.1, 0.15) is 11.8 Å². The summed E-state index contributed by atoms with van der Waals surface area (Å²) in [4.78, 5) is 8.87. The van der Waals surface area contributed by atoms with E-state index in [1.54, 1.807) is 19.5 Å². The Morgan fingerprint density at radius 3 is 2.54 bits per heavy atom. The third-order valence-corrected chi connectivity index (χ3v) is 6.12. The second kappa shape index (κ2) is 7.67. The first-order valence-corrected chi connectivity index (χ1v) is 9.57. The topological polar surface area (TPSA) is 84.9 Å². The molecule has 1 fully saturated rings. The van der Waals surface area contributed by atoms with Gasteiger partial charge in [0.25, 0.3) is 10.2 Å². The van der Waals surface area contributed by atoms with Gasteiger partial charge in [-0.25, -0.2) is 0 Å². The first-order valence-electron chi connectivity index (χ1n) is 8.18. The molecule has 3 rings (SSSR count). The van der Waals surface area contributed by atoms with Gasteiger partial charge in [0.05, 0.1) is 25.1 Å². The van der Waals surface area contributed by atoms with Gasteiger partial charge >= 0.3 is 0 Å². The molecule has 1 aliphatic heterocycles. The molecule has 9 heteroatoms. The molecule has 1 aromatic carbocycles. The summed E-state index contributed by atoms with van der Waals surface area (Å²) in [5.74, 6) is 0.747. The van der Waals surface area contributed by atoms with Crippen molar-refractivity contribution in [1.82, 2.24) is 18.6 Å². The zero-order valence-corrected chi connectivity index (χ0v) is 15.8. The maximum atomic E-state index is 12.4. The smallest absolute Gasteiger partial charge is 0.281 e. The van der Waals surface area contributed by atoms with Crippen molar-refractivity contribution in [3.63, 3.8) is 0 Å². The molecule has 1 saturated heterocycles. The van der Waals surface area contributed by atoms with E-state index in [9.17, 15) is 8.42 Å². The van der Waals surface area contributed by atoms with Gasteiger partial charge in [-0.2, -0.15) is 17.0 Å². The zero-order chi connectivity index (χ0) is 18.7. The molecule has 2 heterocycles. The molecule has 0 bridgehead atoms. The quantitative estimate of drug-likeness (QED) is 0.780. The molecule has 140 valence electrons. The Hall–Kier alpha value is -2.07. The van der Waals surface area contributed by atoms with Crippen LogP contribution in [0.4, 0.5) is 0 Å². The predicted octanol–water partition coefficient (Wildman–Crippen LogP) is 1.33. The summed E-state index contributed by atoms with van der Waals surface area (Å²) in [5, 5.41) is 0. The molecule has 0 N–H and O–H groups in total. The third kappa shape index (κ3) is 3.70. The summed E-state index contributed by atoms with van der Waals surface area (Å²) in [6.07, 6.45) is 2.72. The Morgan fingerprint density at radius 1 is 1.19 bits per heavy atom. The zero-order valence-electron chi connectivity index (χ0n) is 15.0. The lowest BCUT2D eigenvalue weighted by Gasteiger charge is -2.33. The Balaban J connectivity index is 1.92. The highest BCUT2D eigenvalue weighted by Gasteiger charge is 2.33. The molecule has 26 heavy (non-hydrogen) atoms. The number of ether oxygens (including phenoxy) is 2. The Kier molecular flexibility index (Phi) is 5.52. The number of rotatable bonds is 5. The van der Waals surface area contributed by atoms with E-state index >= 15 is 0 Å². The highest BCUT2D eigenvalue weighted by Crippen LogP contribution is 2.30. The highest BCUT2D eigenvalue weighted by atomic mass is 32.2. The Morgan fingerprint density at radius 2 is 1.88 bits per heavy atom. The second-order valence-corrected chi connectivity index (χ2v) is 8.17. The molecule has 1 unspecified atom stereocenters. The van der Waals surface area contributed by atoms with Gasteiger partial charge in [0, 0.05) is 45.1 Å². The number of morpholine rings is 1. The monoisotopic (exact) mass is 378 g/mol. The minimum Gasteiger partial charge on any atom is -0.497 e. The number of benzene rings is 1. The van der Waals surface area contributed by atoms with Crippen LogP contribution >= 0.6 is 0 Å². The predicted molar refractivity (Wildman–Crippen MR) is 96.9 cm³/mol. The molecular weight excluding hydrogens is 356 g/mol. The average Bonchev–Trinajstić information content (AvgIpc) is 2.68. The van der Waals surface area contributed by atoms with Gasteiger partial charge in [-0.3, -0.25) is 9.97 Å². The number of nitrogens with zero attached hydrogens (tertiary/aromatic N) is 4. The molecule has 1 atom stereocenters. The molecule has 1 aliphatic rings. The van der Waals surface area contributed by atoms with Crippen molar-refractivity contribution in [2.45, 2.75) is 6.10 Å². The molecule has 0 radical (unpaired) electrons. The van der Waals surface area contributed by atoms with Crippen LogP contribution in [0.3, 0.4) is 0 Å². The van der Waals surface area contributed by atoms with E-state index in [-0.39, 0.29) is 6.54 Å². The van der Waals surface area contributed by atoms with Gasteiger partial charge in [0.2, 0.25) is 0 Å². The fourth-order valence-corrected chi connectivity index (χ4v) is 3.88. The number of hydrogen-bond acceptors (Lipinski definition) is 6. The average molecular weight is 378 g/mol. The number of hydrogen-bond donors (Lipinski definition) is 0. The molecule has 1 aromatic heterocycles. The Labute approximate surface area is 153 Å². The highest BCUT2D eigenvalue weighted by molar-refractivity contribution is 7.86. The standard InChI is InChI=1S/C17H22N4O4S/c1-20(2)26(22,23)21-10-11-25-15(12-21)17-16(18-8-9-19-17)13-4-6-14(24-3)7-5-13/h4-9,15H,10-12H2,1-3H3. The van der Waals surface area contributed by atoms with Crippen LogP contribution in [0.5, 0.6) is 5.75 Å². The van der Waals surface area contributed by atoms with Crippen LogP contribution in [-0.4, -0.2) is 67.9 Å². The van der Waals surface area contributed by atoms with Crippen LogP contribution in [0, 0.1) is 0 Å². The van der Waals surface area contributed by atoms with Crippen LogP contribution < -0.4 is 4.74 Å². The lowest BCUT2D eigenvalue weighted by Crippen LogP contribution is -2.47. The fourth-order valence-electron chi connectivity index (χ4n) is 2.79. The minimum atomic E-state index is -3.51. The Bertz CT molecular complexity index is 855. The van der Waals surface area contributed by atoms with Crippen LogP contribution in [0.15, 0.2) is 36.7 Å². The van der Waals surface area contributed by atoms with Crippen LogP contribution in [0.2, 0.25) is 0 Å². The second-order valence-electron chi connectivity index (χ2n) is 6.03. The van der Waals surface area contributed by atoms with Crippen molar-refractivity contribution in [3.8, 4) is 17.0 Å². The van der Waals surface area contributed by atoms with E-state index in [2.05, 4.69) is 9.97 Å². The van der Waals surface area contributed by atoms with Crippen molar-refractivity contribution < 1.29 is 17.9 Å². The van der Waals surface area contributed by atoms with Crippen molar-refractivity contribution in [2.75, 3.05) is 40.9 Å². The normalized spacial score (nSPS) is 18.8. The summed E-state index contributed by atoms with van der Waals surface area (Å²) >= 11 is 0. The van der Waals surface area contributed by atoms with Crippen LogP contribution in [-0.2, 0) is 14.9 Å².